The number of hydrogen-bond acceptors (Lipinski definition) is 5. The molecule has 0 amide bonds. The highest BCUT2D eigenvalue weighted by atomic mass is 32.2. The van der Waals surface area contributed by atoms with Gasteiger partial charge < -0.3 is 15.4 Å². The Hall–Kier alpha value is -1.15. The first-order valence-corrected chi connectivity index (χ1v) is 8.60. The summed E-state index contributed by atoms with van der Waals surface area (Å²) in [6, 6.07) is 6.89. The highest BCUT2D eigenvalue weighted by Crippen LogP contribution is 2.26. The third-order valence-corrected chi connectivity index (χ3v) is 4.99. The molecule has 1 heterocycles. The van der Waals surface area contributed by atoms with Crippen LogP contribution in [0.15, 0.2) is 29.2 Å². The number of nitrogens with two attached hydrogens (primary N) is 1. The first-order chi connectivity index (χ1) is 9.94. The van der Waals surface area contributed by atoms with Crippen LogP contribution in [-0.4, -0.2) is 46.8 Å². The fraction of sp³-hybridized carbons (Fsp3) is 0.571. The number of ether oxygens (including phenoxy) is 1. The summed E-state index contributed by atoms with van der Waals surface area (Å²) in [6.07, 6.45) is -0.0624. The third kappa shape index (κ3) is 3.94. The van der Waals surface area contributed by atoms with Crippen LogP contribution in [0, 0.1) is 0 Å². The predicted molar refractivity (Wildman–Crippen MR) is 82.9 cm³/mol. The number of benzene rings is 1. The number of morpholine rings is 1. The van der Waals surface area contributed by atoms with Crippen LogP contribution in [0.25, 0.3) is 0 Å². The van der Waals surface area contributed by atoms with E-state index in [1.54, 1.807) is 26.0 Å². The van der Waals surface area contributed by atoms with Crippen molar-refractivity contribution in [2.45, 2.75) is 30.9 Å². The standard InChI is InChI=1S/C14H23N3O3S/c1-11(2)16-21(18,19)14-6-4-3-5-13(14)17-7-8-20-12(9-15)10-17/h3-6,11-12,16H,7-10,15H2,1-2H3. The monoisotopic (exact) mass is 313 g/mol. The van der Waals surface area contributed by atoms with Crippen molar-refractivity contribution in [2.75, 3.05) is 31.1 Å². The van der Waals surface area contributed by atoms with E-state index in [-0.39, 0.29) is 12.1 Å². The maximum absolute atomic E-state index is 12.5. The van der Waals surface area contributed by atoms with Crippen LogP contribution in [-0.2, 0) is 14.8 Å². The Labute approximate surface area is 126 Å². The van der Waals surface area contributed by atoms with E-state index in [2.05, 4.69) is 4.72 Å². The molecule has 0 saturated carbocycles. The molecular weight excluding hydrogens is 290 g/mol. The summed E-state index contributed by atoms with van der Waals surface area (Å²) < 4.78 is 33.1. The van der Waals surface area contributed by atoms with Gasteiger partial charge in [0.1, 0.15) is 4.90 Å². The molecule has 1 aliphatic rings. The minimum Gasteiger partial charge on any atom is -0.373 e. The molecule has 0 bridgehead atoms. The van der Waals surface area contributed by atoms with Crippen LogP contribution in [0.4, 0.5) is 5.69 Å². The summed E-state index contributed by atoms with van der Waals surface area (Å²) in [5.74, 6) is 0. The lowest BCUT2D eigenvalue weighted by atomic mass is 10.2. The average Bonchev–Trinajstić information content (AvgIpc) is 2.46. The van der Waals surface area contributed by atoms with Gasteiger partial charge in [-0.2, -0.15) is 0 Å². The van der Waals surface area contributed by atoms with E-state index in [9.17, 15) is 8.42 Å². The van der Waals surface area contributed by atoms with Crippen LogP contribution < -0.4 is 15.4 Å². The first kappa shape index (κ1) is 16.2. The highest BCUT2D eigenvalue weighted by molar-refractivity contribution is 7.89. The van der Waals surface area contributed by atoms with E-state index in [4.69, 9.17) is 10.5 Å². The minimum atomic E-state index is -3.53. The van der Waals surface area contributed by atoms with Crippen molar-refractivity contribution in [3.63, 3.8) is 0 Å². The Morgan fingerprint density at radius 1 is 1.43 bits per heavy atom. The quantitative estimate of drug-likeness (QED) is 0.829. The summed E-state index contributed by atoms with van der Waals surface area (Å²) in [4.78, 5) is 2.33. The van der Waals surface area contributed by atoms with Gasteiger partial charge in [0.15, 0.2) is 0 Å². The maximum atomic E-state index is 12.5. The van der Waals surface area contributed by atoms with Crippen molar-refractivity contribution >= 4 is 15.7 Å². The molecule has 1 unspecified atom stereocenters. The number of hydrogen-bond donors (Lipinski definition) is 2. The summed E-state index contributed by atoms with van der Waals surface area (Å²) >= 11 is 0. The minimum absolute atomic E-state index is 0.0624. The summed E-state index contributed by atoms with van der Waals surface area (Å²) in [6.45, 7) is 5.84. The zero-order valence-corrected chi connectivity index (χ0v) is 13.3. The smallest absolute Gasteiger partial charge is 0.242 e. The summed E-state index contributed by atoms with van der Waals surface area (Å²) in [5, 5.41) is 0. The lowest BCUT2D eigenvalue weighted by Gasteiger charge is -2.35. The van der Waals surface area contributed by atoms with Gasteiger partial charge in [0.25, 0.3) is 0 Å². The largest absolute Gasteiger partial charge is 0.373 e. The molecule has 6 nitrogen and oxygen atoms in total. The van der Waals surface area contributed by atoms with Crippen LogP contribution in [0.2, 0.25) is 0 Å². The van der Waals surface area contributed by atoms with Gasteiger partial charge in [-0.05, 0) is 26.0 Å². The van der Waals surface area contributed by atoms with Gasteiger partial charge >= 0.3 is 0 Å². The topological polar surface area (TPSA) is 84.7 Å². The van der Waals surface area contributed by atoms with Crippen molar-refractivity contribution in [1.82, 2.24) is 4.72 Å². The van der Waals surface area contributed by atoms with Crippen LogP contribution in [0.3, 0.4) is 0 Å². The Balaban J connectivity index is 2.33. The summed E-state index contributed by atoms with van der Waals surface area (Å²) in [5.41, 5.74) is 6.35. The number of sulfonamides is 1. The average molecular weight is 313 g/mol. The molecule has 1 fully saturated rings. The van der Waals surface area contributed by atoms with Gasteiger partial charge in [-0.15, -0.1) is 0 Å². The van der Waals surface area contributed by atoms with E-state index < -0.39 is 10.0 Å². The van der Waals surface area contributed by atoms with E-state index in [1.165, 1.54) is 0 Å². The number of nitrogens with zero attached hydrogens (tertiary/aromatic N) is 1. The molecule has 118 valence electrons. The molecule has 1 aliphatic heterocycles. The summed E-state index contributed by atoms with van der Waals surface area (Å²) in [7, 11) is -3.53. The number of rotatable bonds is 5. The lowest BCUT2D eigenvalue weighted by molar-refractivity contribution is 0.0464. The maximum Gasteiger partial charge on any atom is 0.242 e. The van der Waals surface area contributed by atoms with Gasteiger partial charge in [0, 0.05) is 25.7 Å². The van der Waals surface area contributed by atoms with Crippen molar-refractivity contribution in [1.29, 1.82) is 0 Å². The molecule has 2 rings (SSSR count). The second kappa shape index (κ2) is 6.74. The molecule has 3 N–H and O–H groups in total. The molecule has 1 aromatic carbocycles. The molecule has 7 heteroatoms. The van der Waals surface area contributed by atoms with Gasteiger partial charge in [-0.25, -0.2) is 13.1 Å². The Kier molecular flexibility index (Phi) is 5.21. The second-order valence-corrected chi connectivity index (χ2v) is 7.10. The van der Waals surface area contributed by atoms with E-state index in [0.717, 1.165) is 0 Å². The fourth-order valence-corrected chi connectivity index (χ4v) is 3.88. The SMILES string of the molecule is CC(C)NS(=O)(=O)c1ccccc1N1CCOC(CN)C1. The highest BCUT2D eigenvalue weighted by Gasteiger charge is 2.26. The van der Waals surface area contributed by atoms with E-state index in [0.29, 0.717) is 36.8 Å². The third-order valence-electron chi connectivity index (χ3n) is 3.29. The van der Waals surface area contributed by atoms with Crippen molar-refractivity contribution in [3.05, 3.63) is 24.3 Å². The molecule has 1 saturated heterocycles. The lowest BCUT2D eigenvalue weighted by Crippen LogP contribution is -2.46. The van der Waals surface area contributed by atoms with E-state index in [1.807, 2.05) is 17.0 Å². The van der Waals surface area contributed by atoms with Crippen molar-refractivity contribution < 1.29 is 13.2 Å². The van der Waals surface area contributed by atoms with E-state index >= 15 is 0 Å². The van der Waals surface area contributed by atoms with Gasteiger partial charge in [0.2, 0.25) is 10.0 Å². The molecule has 0 aliphatic carbocycles. The Bertz CT molecular complexity index is 575. The molecule has 21 heavy (non-hydrogen) atoms. The second-order valence-electron chi connectivity index (χ2n) is 5.42. The van der Waals surface area contributed by atoms with Crippen molar-refractivity contribution in [3.8, 4) is 0 Å². The number of anilines is 1. The van der Waals surface area contributed by atoms with Crippen LogP contribution in [0.1, 0.15) is 13.8 Å². The fourth-order valence-electron chi connectivity index (χ4n) is 2.40. The zero-order valence-electron chi connectivity index (χ0n) is 12.5. The van der Waals surface area contributed by atoms with Gasteiger partial charge in [-0.1, -0.05) is 12.1 Å². The zero-order chi connectivity index (χ0) is 15.5. The molecule has 1 aromatic rings. The first-order valence-electron chi connectivity index (χ1n) is 7.12. The molecule has 0 radical (unpaired) electrons. The molecule has 0 spiro atoms. The molecule has 1 atom stereocenters. The number of para-hydroxylation sites is 1. The van der Waals surface area contributed by atoms with Crippen LogP contribution in [0.5, 0.6) is 0 Å². The Morgan fingerprint density at radius 2 is 2.14 bits per heavy atom. The molecule has 0 aromatic heterocycles. The predicted octanol–water partition coefficient (Wildman–Crippen LogP) is 0.537. The Morgan fingerprint density at radius 3 is 2.81 bits per heavy atom. The van der Waals surface area contributed by atoms with Gasteiger partial charge in [-0.3, -0.25) is 0 Å². The van der Waals surface area contributed by atoms with Gasteiger partial charge in [0.05, 0.1) is 18.4 Å². The normalized spacial score (nSPS) is 20.0. The molecular formula is C14H23N3O3S. The van der Waals surface area contributed by atoms with Crippen LogP contribution >= 0.6 is 0 Å². The number of nitrogens with one attached hydrogen (secondary N) is 1. The van der Waals surface area contributed by atoms with Crippen molar-refractivity contribution in [2.24, 2.45) is 5.73 Å².